The molecular weight excluding hydrogens is 270 g/mol. The van der Waals surface area contributed by atoms with Crippen LogP contribution in [0.15, 0.2) is 10.6 Å². The quantitative estimate of drug-likeness (QED) is 0.844. The number of oxazole rings is 1. The molecule has 0 fully saturated rings. The van der Waals surface area contributed by atoms with Crippen LogP contribution in [0.1, 0.15) is 22.2 Å². The number of aryl methyl sites for hydroxylation is 2. The van der Waals surface area contributed by atoms with Crippen LogP contribution in [0.2, 0.25) is 0 Å². The van der Waals surface area contributed by atoms with Gasteiger partial charge in [-0.15, -0.1) is 11.3 Å². The molecule has 0 aromatic carbocycles. The first kappa shape index (κ1) is 13.0. The minimum atomic E-state index is -0.0702. The molecule has 5 nitrogen and oxygen atoms in total. The van der Waals surface area contributed by atoms with Crippen molar-refractivity contribution >= 4 is 29.5 Å². The van der Waals surface area contributed by atoms with Crippen LogP contribution in [0.3, 0.4) is 0 Å². The molecule has 0 aliphatic heterocycles. The minimum absolute atomic E-state index is 0.0702. The van der Waals surface area contributed by atoms with E-state index >= 15 is 0 Å². The summed E-state index contributed by atoms with van der Waals surface area (Å²) in [5, 5.41) is 2.76. The van der Waals surface area contributed by atoms with Crippen molar-refractivity contribution in [2.24, 2.45) is 0 Å². The van der Waals surface area contributed by atoms with Crippen molar-refractivity contribution in [1.82, 2.24) is 15.3 Å². The van der Waals surface area contributed by atoms with Crippen molar-refractivity contribution in [3.05, 3.63) is 32.4 Å². The van der Waals surface area contributed by atoms with Gasteiger partial charge in [-0.3, -0.25) is 4.79 Å². The highest BCUT2D eigenvalue weighted by Gasteiger charge is 2.09. The van der Waals surface area contributed by atoms with Crippen LogP contribution >= 0.6 is 23.6 Å². The molecule has 2 heterocycles. The predicted molar refractivity (Wildman–Crippen MR) is 71.0 cm³/mol. The van der Waals surface area contributed by atoms with Gasteiger partial charge in [0.05, 0.1) is 19.2 Å². The molecule has 2 N–H and O–H groups in total. The lowest BCUT2D eigenvalue weighted by Gasteiger charge is -2.01. The first-order chi connectivity index (χ1) is 8.54. The molecule has 2 aromatic rings. The van der Waals surface area contributed by atoms with Gasteiger partial charge < -0.3 is 14.7 Å². The number of nitrogens with one attached hydrogen (secondary N) is 2. The number of carbonyl (C=O) groups is 1. The van der Waals surface area contributed by atoms with Crippen molar-refractivity contribution in [3.8, 4) is 0 Å². The van der Waals surface area contributed by atoms with Crippen LogP contribution in [0.5, 0.6) is 0 Å². The van der Waals surface area contributed by atoms with E-state index in [1.165, 1.54) is 11.3 Å². The zero-order valence-corrected chi connectivity index (χ0v) is 11.7. The number of rotatable bonds is 4. The zero-order chi connectivity index (χ0) is 13.1. The molecule has 1 amide bonds. The highest BCUT2D eigenvalue weighted by molar-refractivity contribution is 7.73. The van der Waals surface area contributed by atoms with Gasteiger partial charge in [-0.25, -0.2) is 4.98 Å². The highest BCUT2D eigenvalue weighted by Crippen LogP contribution is 2.15. The normalized spacial score (nSPS) is 10.6. The van der Waals surface area contributed by atoms with Gasteiger partial charge in [0.15, 0.2) is 3.95 Å². The van der Waals surface area contributed by atoms with E-state index in [1.54, 1.807) is 6.20 Å². The maximum atomic E-state index is 11.7. The smallest absolute Gasteiger partial charge is 0.225 e. The SMILES string of the molecule is Cc1cnc(CNC(=O)Cc2sc(=S)[nH]c2C)o1. The van der Waals surface area contributed by atoms with Crippen molar-refractivity contribution in [2.75, 3.05) is 0 Å². The van der Waals surface area contributed by atoms with Crippen LogP contribution in [-0.4, -0.2) is 15.9 Å². The molecule has 0 saturated carbocycles. The molecular formula is C11H13N3O2S2. The minimum Gasteiger partial charge on any atom is -0.444 e. The number of hydrogen-bond donors (Lipinski definition) is 2. The second kappa shape index (κ2) is 5.45. The molecule has 0 aliphatic carbocycles. The third-order valence-electron chi connectivity index (χ3n) is 2.35. The summed E-state index contributed by atoms with van der Waals surface area (Å²) in [5.74, 6) is 1.18. The number of thiazole rings is 1. The number of aromatic nitrogens is 2. The lowest BCUT2D eigenvalue weighted by Crippen LogP contribution is -2.24. The summed E-state index contributed by atoms with van der Waals surface area (Å²) in [5.41, 5.74) is 0.951. The van der Waals surface area contributed by atoms with E-state index < -0.39 is 0 Å². The van der Waals surface area contributed by atoms with Gasteiger partial charge >= 0.3 is 0 Å². The van der Waals surface area contributed by atoms with Crippen LogP contribution in [0.4, 0.5) is 0 Å². The van der Waals surface area contributed by atoms with E-state index in [0.29, 0.717) is 22.8 Å². The monoisotopic (exact) mass is 283 g/mol. The Kier molecular flexibility index (Phi) is 3.93. The average molecular weight is 283 g/mol. The Bertz CT molecular complexity index is 612. The fourth-order valence-corrected chi connectivity index (χ4v) is 2.76. The molecule has 96 valence electrons. The molecule has 0 spiro atoms. The number of hydrogen-bond acceptors (Lipinski definition) is 5. The second-order valence-corrected chi connectivity index (χ2v) is 5.65. The number of H-pyrrole nitrogens is 1. The topological polar surface area (TPSA) is 70.9 Å². The highest BCUT2D eigenvalue weighted by atomic mass is 32.1. The summed E-state index contributed by atoms with van der Waals surface area (Å²) in [6, 6.07) is 0. The Labute approximate surface area is 113 Å². The lowest BCUT2D eigenvalue weighted by atomic mass is 10.3. The fourth-order valence-electron chi connectivity index (χ4n) is 1.47. The maximum absolute atomic E-state index is 11.7. The first-order valence-corrected chi connectivity index (χ1v) is 6.63. The third-order valence-corrected chi connectivity index (χ3v) is 3.69. The van der Waals surface area contributed by atoms with Gasteiger partial charge in [0.25, 0.3) is 0 Å². The standard InChI is InChI=1S/C11H13N3O2S2/c1-6-4-13-10(16-6)5-12-9(15)3-8-7(2)14-11(17)18-8/h4H,3,5H2,1-2H3,(H,12,15)(H,14,17). The molecule has 7 heteroatoms. The van der Waals surface area contributed by atoms with Gasteiger partial charge in [-0.1, -0.05) is 0 Å². The molecule has 2 rings (SSSR count). The Morgan fingerprint density at radius 2 is 2.39 bits per heavy atom. The Morgan fingerprint density at radius 3 is 2.94 bits per heavy atom. The molecule has 2 aromatic heterocycles. The van der Waals surface area contributed by atoms with Crippen molar-refractivity contribution in [3.63, 3.8) is 0 Å². The van der Waals surface area contributed by atoms with Gasteiger partial charge in [-0.05, 0) is 26.1 Å². The second-order valence-electron chi connectivity index (χ2n) is 3.88. The average Bonchev–Trinajstić information content (AvgIpc) is 2.83. The van der Waals surface area contributed by atoms with E-state index in [9.17, 15) is 4.79 Å². The number of aromatic amines is 1. The Hall–Kier alpha value is -1.47. The molecule has 0 radical (unpaired) electrons. The molecule has 0 aliphatic rings. The first-order valence-electron chi connectivity index (χ1n) is 5.41. The van der Waals surface area contributed by atoms with Gasteiger partial charge in [0.1, 0.15) is 5.76 Å². The summed E-state index contributed by atoms with van der Waals surface area (Å²) in [7, 11) is 0. The Balaban J connectivity index is 1.89. The Morgan fingerprint density at radius 1 is 1.61 bits per heavy atom. The largest absolute Gasteiger partial charge is 0.444 e. The van der Waals surface area contributed by atoms with Crippen molar-refractivity contribution in [2.45, 2.75) is 26.8 Å². The molecule has 18 heavy (non-hydrogen) atoms. The van der Waals surface area contributed by atoms with Gasteiger partial charge in [-0.2, -0.15) is 0 Å². The lowest BCUT2D eigenvalue weighted by molar-refractivity contribution is -0.120. The van der Waals surface area contributed by atoms with Crippen molar-refractivity contribution < 1.29 is 9.21 Å². The predicted octanol–water partition coefficient (Wildman–Crippen LogP) is 2.27. The molecule has 0 unspecified atom stereocenters. The van der Waals surface area contributed by atoms with E-state index in [0.717, 1.165) is 16.3 Å². The maximum Gasteiger partial charge on any atom is 0.225 e. The summed E-state index contributed by atoms with van der Waals surface area (Å²) in [4.78, 5) is 19.7. The van der Waals surface area contributed by atoms with E-state index in [4.69, 9.17) is 16.6 Å². The third kappa shape index (κ3) is 3.27. The van der Waals surface area contributed by atoms with Gasteiger partial charge in [0, 0.05) is 10.6 Å². The fraction of sp³-hybridized carbons (Fsp3) is 0.364. The van der Waals surface area contributed by atoms with Crippen LogP contribution in [-0.2, 0) is 17.8 Å². The van der Waals surface area contributed by atoms with Crippen LogP contribution in [0, 0.1) is 17.8 Å². The number of carbonyl (C=O) groups excluding carboxylic acids is 1. The summed E-state index contributed by atoms with van der Waals surface area (Å²) in [6.45, 7) is 4.03. The summed E-state index contributed by atoms with van der Waals surface area (Å²) in [6.07, 6.45) is 1.95. The number of nitrogens with zero attached hydrogens (tertiary/aromatic N) is 1. The number of amides is 1. The molecule has 0 bridgehead atoms. The van der Waals surface area contributed by atoms with Crippen LogP contribution in [0.25, 0.3) is 0 Å². The van der Waals surface area contributed by atoms with Gasteiger partial charge in [0.2, 0.25) is 11.8 Å². The van der Waals surface area contributed by atoms with Crippen molar-refractivity contribution in [1.29, 1.82) is 0 Å². The van der Waals surface area contributed by atoms with E-state index in [1.807, 2.05) is 13.8 Å². The van der Waals surface area contributed by atoms with Crippen LogP contribution < -0.4 is 5.32 Å². The van der Waals surface area contributed by atoms with E-state index in [-0.39, 0.29) is 5.91 Å². The summed E-state index contributed by atoms with van der Waals surface area (Å²) < 4.78 is 5.96. The molecule has 0 atom stereocenters. The molecule has 0 saturated heterocycles. The zero-order valence-electron chi connectivity index (χ0n) is 10.1. The van der Waals surface area contributed by atoms with E-state index in [2.05, 4.69) is 15.3 Å². The summed E-state index contributed by atoms with van der Waals surface area (Å²) >= 11 is 6.45.